The molecule has 0 spiro atoms. The van der Waals surface area contributed by atoms with Crippen LogP contribution in [0.4, 0.5) is 5.13 Å². The highest BCUT2D eigenvalue weighted by atomic mass is 35.5. The number of sulfonamides is 1. The van der Waals surface area contributed by atoms with Gasteiger partial charge in [-0.25, -0.2) is 13.4 Å². The molecule has 9 heteroatoms. The molecular weight excluding hydrogens is 461 g/mol. The predicted octanol–water partition coefficient (Wildman–Crippen LogP) is 4.86. The molecule has 1 aromatic heterocycles. The maximum absolute atomic E-state index is 12.9. The molecule has 1 saturated heterocycles. The van der Waals surface area contributed by atoms with Crippen LogP contribution in [0.25, 0.3) is 0 Å². The van der Waals surface area contributed by atoms with Gasteiger partial charge in [0.1, 0.15) is 0 Å². The minimum Gasteiger partial charge on any atom is -0.345 e. The van der Waals surface area contributed by atoms with Gasteiger partial charge in [0.2, 0.25) is 10.0 Å². The molecule has 158 valence electrons. The van der Waals surface area contributed by atoms with Crippen LogP contribution >= 0.6 is 34.5 Å². The summed E-state index contributed by atoms with van der Waals surface area (Å²) in [6, 6.07) is 12.9. The Balaban J connectivity index is 1.40. The summed E-state index contributed by atoms with van der Waals surface area (Å²) in [4.78, 5) is 7.07. The Morgan fingerprint density at radius 3 is 2.37 bits per heavy atom. The van der Waals surface area contributed by atoms with Crippen LogP contribution in [0.2, 0.25) is 10.0 Å². The highest BCUT2D eigenvalue weighted by molar-refractivity contribution is 7.89. The second kappa shape index (κ2) is 8.85. The molecular formula is C21H21Cl2N3O2S2. The standard InChI is InChI=1S/C21H21Cl2N3O2S2/c1-15-2-4-16(5-3-15)12-17-14-29-21(24-17)25-8-10-26(11-9-25)30(27,28)18-6-7-19(22)20(23)13-18/h2-7,13-14H,8-12H2,1H3. The number of halogens is 2. The Morgan fingerprint density at radius 2 is 1.70 bits per heavy atom. The third-order valence-corrected chi connectivity index (χ3v) is 8.67. The molecule has 3 aromatic rings. The average molecular weight is 482 g/mol. The topological polar surface area (TPSA) is 53.5 Å². The number of anilines is 1. The van der Waals surface area contributed by atoms with Gasteiger partial charge in [-0.15, -0.1) is 11.3 Å². The Labute approximate surface area is 190 Å². The van der Waals surface area contributed by atoms with Gasteiger partial charge >= 0.3 is 0 Å². The van der Waals surface area contributed by atoms with Gasteiger partial charge in [-0.1, -0.05) is 53.0 Å². The van der Waals surface area contributed by atoms with Crippen LogP contribution in [-0.4, -0.2) is 43.9 Å². The fourth-order valence-corrected chi connectivity index (χ4v) is 6.03. The van der Waals surface area contributed by atoms with Crippen LogP contribution in [0, 0.1) is 6.92 Å². The van der Waals surface area contributed by atoms with Gasteiger partial charge in [0.25, 0.3) is 0 Å². The maximum atomic E-state index is 12.9. The van der Waals surface area contributed by atoms with Gasteiger partial charge in [-0.05, 0) is 30.7 Å². The molecule has 5 nitrogen and oxygen atoms in total. The van der Waals surface area contributed by atoms with E-state index in [-0.39, 0.29) is 9.92 Å². The lowest BCUT2D eigenvalue weighted by Gasteiger charge is -2.33. The SMILES string of the molecule is Cc1ccc(Cc2csc(N3CCN(S(=O)(=O)c4ccc(Cl)c(Cl)c4)CC3)n2)cc1. The van der Waals surface area contributed by atoms with Crippen molar-refractivity contribution in [2.24, 2.45) is 0 Å². The first-order valence-electron chi connectivity index (χ1n) is 9.53. The van der Waals surface area contributed by atoms with Crippen molar-refractivity contribution in [3.05, 3.63) is 74.7 Å². The highest BCUT2D eigenvalue weighted by Gasteiger charge is 2.29. The highest BCUT2D eigenvalue weighted by Crippen LogP contribution is 2.28. The Morgan fingerprint density at radius 1 is 1.00 bits per heavy atom. The fraction of sp³-hybridized carbons (Fsp3) is 0.286. The first kappa shape index (κ1) is 21.6. The van der Waals surface area contributed by atoms with Gasteiger partial charge in [-0.3, -0.25) is 0 Å². The summed E-state index contributed by atoms with van der Waals surface area (Å²) >= 11 is 13.5. The van der Waals surface area contributed by atoms with Crippen LogP contribution in [0.1, 0.15) is 16.8 Å². The number of aromatic nitrogens is 1. The van der Waals surface area contributed by atoms with Gasteiger partial charge < -0.3 is 4.90 Å². The second-order valence-corrected chi connectivity index (χ2v) is 10.8. The number of hydrogen-bond donors (Lipinski definition) is 0. The molecule has 4 rings (SSSR count). The molecule has 0 radical (unpaired) electrons. The van der Waals surface area contributed by atoms with E-state index in [0.717, 1.165) is 17.2 Å². The van der Waals surface area contributed by atoms with E-state index in [0.29, 0.717) is 31.2 Å². The number of rotatable bonds is 5. The number of benzene rings is 2. The number of hydrogen-bond acceptors (Lipinski definition) is 5. The van der Waals surface area contributed by atoms with Crippen LogP contribution in [-0.2, 0) is 16.4 Å². The van der Waals surface area contributed by atoms with Crippen LogP contribution in [0.5, 0.6) is 0 Å². The lowest BCUT2D eigenvalue weighted by molar-refractivity contribution is 0.384. The normalized spacial score (nSPS) is 15.5. The molecule has 0 amide bonds. The van der Waals surface area contributed by atoms with Crippen molar-refractivity contribution in [2.75, 3.05) is 31.1 Å². The summed E-state index contributed by atoms with van der Waals surface area (Å²) in [5.74, 6) is 0. The molecule has 30 heavy (non-hydrogen) atoms. The van der Waals surface area contributed by atoms with Gasteiger partial charge in [-0.2, -0.15) is 4.31 Å². The van der Waals surface area contributed by atoms with E-state index in [4.69, 9.17) is 28.2 Å². The van der Waals surface area contributed by atoms with Crippen molar-refractivity contribution < 1.29 is 8.42 Å². The van der Waals surface area contributed by atoms with E-state index in [1.54, 1.807) is 11.3 Å². The summed E-state index contributed by atoms with van der Waals surface area (Å²) in [6.07, 6.45) is 0.794. The summed E-state index contributed by atoms with van der Waals surface area (Å²) in [6.45, 7) is 4.06. The Bertz CT molecular complexity index is 1140. The smallest absolute Gasteiger partial charge is 0.243 e. The molecule has 2 heterocycles. The van der Waals surface area contributed by atoms with Crippen LogP contribution < -0.4 is 4.90 Å². The van der Waals surface area contributed by atoms with Crippen molar-refractivity contribution in [1.29, 1.82) is 0 Å². The third-order valence-electron chi connectivity index (χ3n) is 5.08. The second-order valence-electron chi connectivity index (χ2n) is 7.25. The van der Waals surface area contributed by atoms with Gasteiger partial charge in [0, 0.05) is 38.0 Å². The molecule has 1 aliphatic heterocycles. The summed E-state index contributed by atoms with van der Waals surface area (Å²) < 4.78 is 27.3. The average Bonchev–Trinajstić information content (AvgIpc) is 3.20. The van der Waals surface area contributed by atoms with Gasteiger partial charge in [0.15, 0.2) is 5.13 Å². The Hall–Kier alpha value is -1.64. The van der Waals surface area contributed by atoms with E-state index in [2.05, 4.69) is 41.5 Å². The van der Waals surface area contributed by atoms with Crippen molar-refractivity contribution in [3.63, 3.8) is 0 Å². The first-order chi connectivity index (χ1) is 14.3. The van der Waals surface area contributed by atoms with E-state index in [9.17, 15) is 8.42 Å². The lowest BCUT2D eigenvalue weighted by Crippen LogP contribution is -2.48. The molecule has 1 aliphatic rings. The fourth-order valence-electron chi connectivity index (χ4n) is 3.34. The predicted molar refractivity (Wildman–Crippen MR) is 124 cm³/mol. The number of nitrogens with zero attached hydrogens (tertiary/aromatic N) is 3. The molecule has 0 N–H and O–H groups in total. The van der Waals surface area contributed by atoms with Crippen LogP contribution in [0.3, 0.4) is 0 Å². The monoisotopic (exact) mass is 481 g/mol. The third kappa shape index (κ3) is 4.65. The number of aryl methyl sites for hydroxylation is 1. The molecule has 0 unspecified atom stereocenters. The molecule has 0 aliphatic carbocycles. The van der Waals surface area contributed by atoms with Crippen molar-refractivity contribution in [3.8, 4) is 0 Å². The summed E-state index contributed by atoms with van der Waals surface area (Å²) in [7, 11) is -3.60. The summed E-state index contributed by atoms with van der Waals surface area (Å²) in [5.41, 5.74) is 3.51. The summed E-state index contributed by atoms with van der Waals surface area (Å²) in [5, 5.41) is 3.59. The van der Waals surface area contributed by atoms with Crippen molar-refractivity contribution >= 4 is 49.7 Å². The van der Waals surface area contributed by atoms with Crippen LogP contribution in [0.15, 0.2) is 52.7 Å². The zero-order valence-electron chi connectivity index (χ0n) is 16.4. The van der Waals surface area contributed by atoms with E-state index in [1.165, 1.54) is 33.6 Å². The lowest BCUT2D eigenvalue weighted by atomic mass is 10.1. The minimum atomic E-state index is -3.60. The number of thiazole rings is 1. The zero-order chi connectivity index (χ0) is 21.3. The maximum Gasteiger partial charge on any atom is 0.243 e. The molecule has 0 atom stereocenters. The first-order valence-corrected chi connectivity index (χ1v) is 12.6. The zero-order valence-corrected chi connectivity index (χ0v) is 19.5. The molecule has 0 bridgehead atoms. The Kier molecular flexibility index (Phi) is 6.36. The molecule has 1 fully saturated rings. The van der Waals surface area contributed by atoms with Crippen molar-refractivity contribution in [1.82, 2.24) is 9.29 Å². The van der Waals surface area contributed by atoms with E-state index >= 15 is 0 Å². The minimum absolute atomic E-state index is 0.167. The molecule has 2 aromatic carbocycles. The van der Waals surface area contributed by atoms with Gasteiger partial charge in [0.05, 0.1) is 20.6 Å². The van der Waals surface area contributed by atoms with E-state index in [1.807, 2.05) is 0 Å². The largest absolute Gasteiger partial charge is 0.345 e. The quantitative estimate of drug-likeness (QED) is 0.521. The number of piperazine rings is 1. The van der Waals surface area contributed by atoms with E-state index < -0.39 is 10.0 Å². The van der Waals surface area contributed by atoms with Crippen molar-refractivity contribution in [2.45, 2.75) is 18.2 Å². The molecule has 0 saturated carbocycles.